The molecule has 3 nitrogen and oxygen atoms in total. The minimum absolute atomic E-state index is 0.494. The van der Waals surface area contributed by atoms with Crippen LogP contribution in [-0.4, -0.2) is 23.7 Å². The third kappa shape index (κ3) is 3.68. The van der Waals surface area contributed by atoms with Gasteiger partial charge in [0, 0.05) is 11.4 Å². The maximum absolute atomic E-state index is 9.76. The zero-order chi connectivity index (χ0) is 12.0. The van der Waals surface area contributed by atoms with Gasteiger partial charge in [-0.05, 0) is 31.5 Å². The first-order valence-electron chi connectivity index (χ1n) is 5.35. The fraction of sp³-hybridized carbons (Fsp3) is 0.500. The molecule has 1 aromatic carbocycles. The summed E-state index contributed by atoms with van der Waals surface area (Å²) in [6.45, 7) is 5.04. The minimum Gasteiger partial charge on any atom is -0.494 e. The number of hydrogen-bond donors (Lipinski definition) is 1. The van der Waals surface area contributed by atoms with Crippen LogP contribution in [0.25, 0.3) is 0 Å². The predicted molar refractivity (Wildman–Crippen MR) is 67.5 cm³/mol. The standard InChI is InChI=1S/C12H17BrO3/c1-3-15-10-5-9(12(14)8-13)6-11(7-10)16-4-2/h5-7,12,14H,3-4,8H2,1-2H3. The average molecular weight is 289 g/mol. The smallest absolute Gasteiger partial charge is 0.123 e. The van der Waals surface area contributed by atoms with Crippen LogP contribution in [0.2, 0.25) is 0 Å². The quantitative estimate of drug-likeness (QED) is 0.818. The Morgan fingerprint density at radius 1 is 1.12 bits per heavy atom. The SMILES string of the molecule is CCOc1cc(OCC)cc(C(O)CBr)c1. The Balaban J connectivity index is 2.97. The van der Waals surface area contributed by atoms with Crippen LogP contribution >= 0.6 is 15.9 Å². The van der Waals surface area contributed by atoms with Crippen molar-refractivity contribution in [2.45, 2.75) is 20.0 Å². The fourth-order valence-electron chi connectivity index (χ4n) is 1.38. The molecule has 1 atom stereocenters. The molecule has 0 aromatic heterocycles. The Kier molecular flexibility index (Phi) is 5.63. The van der Waals surface area contributed by atoms with Crippen molar-refractivity contribution in [3.8, 4) is 11.5 Å². The van der Waals surface area contributed by atoms with E-state index in [2.05, 4.69) is 15.9 Å². The molecule has 0 radical (unpaired) electrons. The first-order chi connectivity index (χ1) is 7.71. The molecule has 0 saturated carbocycles. The molecule has 0 aliphatic carbocycles. The Hall–Kier alpha value is -0.740. The molecule has 1 unspecified atom stereocenters. The van der Waals surface area contributed by atoms with E-state index in [0.717, 1.165) is 17.1 Å². The van der Waals surface area contributed by atoms with Crippen LogP contribution in [0.3, 0.4) is 0 Å². The van der Waals surface area contributed by atoms with E-state index in [9.17, 15) is 5.11 Å². The van der Waals surface area contributed by atoms with Crippen molar-refractivity contribution in [2.75, 3.05) is 18.5 Å². The minimum atomic E-state index is -0.542. The maximum atomic E-state index is 9.76. The Bertz CT molecular complexity index is 304. The lowest BCUT2D eigenvalue weighted by atomic mass is 10.1. The van der Waals surface area contributed by atoms with Crippen molar-refractivity contribution in [2.24, 2.45) is 0 Å². The Morgan fingerprint density at radius 2 is 1.62 bits per heavy atom. The molecule has 16 heavy (non-hydrogen) atoms. The molecule has 90 valence electrons. The van der Waals surface area contributed by atoms with Gasteiger partial charge in [-0.1, -0.05) is 15.9 Å². The summed E-state index contributed by atoms with van der Waals surface area (Å²) < 4.78 is 10.8. The zero-order valence-corrected chi connectivity index (χ0v) is 11.2. The summed E-state index contributed by atoms with van der Waals surface area (Å²) in [5, 5.41) is 10.3. The second-order valence-electron chi connectivity index (χ2n) is 3.27. The van der Waals surface area contributed by atoms with Crippen molar-refractivity contribution < 1.29 is 14.6 Å². The molecule has 0 spiro atoms. The van der Waals surface area contributed by atoms with Crippen LogP contribution in [0, 0.1) is 0 Å². The van der Waals surface area contributed by atoms with Crippen molar-refractivity contribution in [1.82, 2.24) is 0 Å². The van der Waals surface area contributed by atoms with Crippen LogP contribution < -0.4 is 9.47 Å². The van der Waals surface area contributed by atoms with Gasteiger partial charge in [-0.3, -0.25) is 0 Å². The van der Waals surface area contributed by atoms with Crippen LogP contribution in [0.1, 0.15) is 25.5 Å². The molecular weight excluding hydrogens is 272 g/mol. The predicted octanol–water partition coefficient (Wildman–Crippen LogP) is 2.91. The number of aliphatic hydroxyl groups excluding tert-OH is 1. The highest BCUT2D eigenvalue weighted by Crippen LogP contribution is 2.27. The number of ether oxygens (including phenoxy) is 2. The lowest BCUT2D eigenvalue weighted by Crippen LogP contribution is -2.02. The zero-order valence-electron chi connectivity index (χ0n) is 9.57. The molecule has 0 amide bonds. The van der Waals surface area contributed by atoms with E-state index in [1.54, 1.807) is 0 Å². The number of hydrogen-bond acceptors (Lipinski definition) is 3. The molecule has 0 fully saturated rings. The van der Waals surface area contributed by atoms with E-state index in [1.807, 2.05) is 32.0 Å². The molecule has 1 aromatic rings. The van der Waals surface area contributed by atoms with E-state index in [4.69, 9.17) is 9.47 Å². The largest absolute Gasteiger partial charge is 0.494 e. The highest BCUT2D eigenvalue weighted by Gasteiger charge is 2.09. The molecule has 1 N–H and O–H groups in total. The highest BCUT2D eigenvalue weighted by atomic mass is 79.9. The van der Waals surface area contributed by atoms with Gasteiger partial charge < -0.3 is 14.6 Å². The third-order valence-electron chi connectivity index (χ3n) is 2.06. The lowest BCUT2D eigenvalue weighted by Gasteiger charge is -2.13. The van der Waals surface area contributed by atoms with Crippen LogP contribution in [-0.2, 0) is 0 Å². The molecule has 0 aliphatic heterocycles. The van der Waals surface area contributed by atoms with Gasteiger partial charge in [-0.2, -0.15) is 0 Å². The van der Waals surface area contributed by atoms with Crippen molar-refractivity contribution in [3.63, 3.8) is 0 Å². The average Bonchev–Trinajstić information content (AvgIpc) is 2.28. The molecule has 4 heteroatoms. The molecule has 0 aliphatic rings. The van der Waals surface area contributed by atoms with Gasteiger partial charge in [-0.25, -0.2) is 0 Å². The topological polar surface area (TPSA) is 38.7 Å². The Morgan fingerprint density at radius 3 is 2.00 bits per heavy atom. The van der Waals surface area contributed by atoms with Crippen molar-refractivity contribution >= 4 is 15.9 Å². The van der Waals surface area contributed by atoms with Gasteiger partial charge in [0.25, 0.3) is 0 Å². The number of halogens is 1. The van der Waals surface area contributed by atoms with Gasteiger partial charge in [0.15, 0.2) is 0 Å². The molecule has 0 saturated heterocycles. The van der Waals surface area contributed by atoms with E-state index in [0.29, 0.717) is 18.5 Å². The Labute approximate surface area is 105 Å². The first-order valence-corrected chi connectivity index (χ1v) is 6.48. The van der Waals surface area contributed by atoms with Crippen LogP contribution in [0.5, 0.6) is 11.5 Å². The molecule has 1 rings (SSSR count). The van der Waals surface area contributed by atoms with Gasteiger partial charge in [0.2, 0.25) is 0 Å². The fourth-order valence-corrected chi connectivity index (χ4v) is 1.75. The summed E-state index contributed by atoms with van der Waals surface area (Å²) in [7, 11) is 0. The van der Waals surface area contributed by atoms with Crippen LogP contribution in [0.15, 0.2) is 18.2 Å². The van der Waals surface area contributed by atoms with E-state index >= 15 is 0 Å². The molecule has 0 bridgehead atoms. The summed E-state index contributed by atoms with van der Waals surface area (Å²) >= 11 is 3.25. The maximum Gasteiger partial charge on any atom is 0.123 e. The third-order valence-corrected chi connectivity index (χ3v) is 2.67. The van der Waals surface area contributed by atoms with Crippen LogP contribution in [0.4, 0.5) is 0 Å². The van der Waals surface area contributed by atoms with E-state index < -0.39 is 6.10 Å². The van der Waals surface area contributed by atoms with E-state index in [-0.39, 0.29) is 0 Å². The van der Waals surface area contributed by atoms with Gasteiger partial charge in [0.05, 0.1) is 19.3 Å². The van der Waals surface area contributed by atoms with Crippen molar-refractivity contribution in [1.29, 1.82) is 0 Å². The first kappa shape index (κ1) is 13.3. The highest BCUT2D eigenvalue weighted by molar-refractivity contribution is 9.09. The number of benzene rings is 1. The van der Waals surface area contributed by atoms with Gasteiger partial charge >= 0.3 is 0 Å². The number of rotatable bonds is 6. The van der Waals surface area contributed by atoms with Crippen molar-refractivity contribution in [3.05, 3.63) is 23.8 Å². The van der Waals surface area contributed by atoms with E-state index in [1.165, 1.54) is 0 Å². The van der Waals surface area contributed by atoms with Gasteiger partial charge in [0.1, 0.15) is 11.5 Å². The summed E-state index contributed by atoms with van der Waals surface area (Å²) in [5.41, 5.74) is 0.797. The summed E-state index contributed by atoms with van der Waals surface area (Å²) in [5.74, 6) is 1.45. The monoisotopic (exact) mass is 288 g/mol. The molecular formula is C12H17BrO3. The lowest BCUT2D eigenvalue weighted by molar-refractivity contribution is 0.204. The summed E-state index contributed by atoms with van der Waals surface area (Å²) in [4.78, 5) is 0. The number of alkyl halides is 1. The normalized spacial score (nSPS) is 12.2. The summed E-state index contributed by atoms with van der Waals surface area (Å²) in [6, 6.07) is 5.49. The van der Waals surface area contributed by atoms with Gasteiger partial charge in [-0.15, -0.1) is 0 Å². The number of aliphatic hydroxyl groups is 1. The summed E-state index contributed by atoms with van der Waals surface area (Å²) in [6.07, 6.45) is -0.542. The molecule has 0 heterocycles. The second kappa shape index (κ2) is 6.76. The second-order valence-corrected chi connectivity index (χ2v) is 3.92.